The molecular formula is C24H36N2O5. The lowest BCUT2D eigenvalue weighted by molar-refractivity contribution is -0.152. The fraction of sp³-hybridized carbons (Fsp3) is 0.625. The topological polar surface area (TPSA) is 84.9 Å². The lowest BCUT2D eigenvalue weighted by Crippen LogP contribution is -2.58. The van der Waals surface area contributed by atoms with E-state index in [1.807, 2.05) is 18.2 Å². The molecule has 1 aromatic rings. The molecular weight excluding hydrogens is 396 g/mol. The van der Waals surface area contributed by atoms with E-state index >= 15 is 0 Å². The number of ether oxygens (including phenoxy) is 2. The Morgan fingerprint density at radius 3 is 2.42 bits per heavy atom. The largest absolute Gasteiger partial charge is 0.484 e. The third-order valence-corrected chi connectivity index (χ3v) is 5.38. The summed E-state index contributed by atoms with van der Waals surface area (Å²) in [6, 6.07) is 8.16. The lowest BCUT2D eigenvalue weighted by Gasteiger charge is -2.34. The molecule has 2 amide bonds. The molecule has 1 aliphatic heterocycles. The fourth-order valence-electron chi connectivity index (χ4n) is 3.60. The van der Waals surface area contributed by atoms with Gasteiger partial charge in [0.05, 0.1) is 13.0 Å². The van der Waals surface area contributed by atoms with Crippen molar-refractivity contribution in [3.63, 3.8) is 0 Å². The Balaban J connectivity index is 1.69. The number of nitrogens with zero attached hydrogens (tertiary/aromatic N) is 1. The van der Waals surface area contributed by atoms with Crippen LogP contribution in [0.4, 0.5) is 0 Å². The zero-order valence-electron chi connectivity index (χ0n) is 18.6. The molecule has 0 spiro atoms. The van der Waals surface area contributed by atoms with Gasteiger partial charge in [-0.15, -0.1) is 0 Å². The van der Waals surface area contributed by atoms with Gasteiger partial charge in [-0.3, -0.25) is 14.4 Å². The van der Waals surface area contributed by atoms with Crippen molar-refractivity contribution in [3.8, 4) is 5.75 Å². The summed E-state index contributed by atoms with van der Waals surface area (Å²) in [6.07, 6.45) is 9.19. The van der Waals surface area contributed by atoms with E-state index in [1.54, 1.807) is 12.1 Å². The number of hydrogen-bond acceptors (Lipinski definition) is 5. The van der Waals surface area contributed by atoms with E-state index in [4.69, 9.17) is 9.47 Å². The highest BCUT2D eigenvalue weighted by atomic mass is 16.5. The van der Waals surface area contributed by atoms with E-state index in [-0.39, 0.29) is 24.8 Å². The Kier molecular flexibility index (Phi) is 11.5. The van der Waals surface area contributed by atoms with Crippen LogP contribution in [-0.4, -0.2) is 55.0 Å². The van der Waals surface area contributed by atoms with Crippen molar-refractivity contribution in [1.29, 1.82) is 0 Å². The second-order valence-electron chi connectivity index (χ2n) is 7.90. The predicted octanol–water partition coefficient (Wildman–Crippen LogP) is 3.47. The molecule has 0 aliphatic carbocycles. The molecule has 31 heavy (non-hydrogen) atoms. The average Bonchev–Trinajstić information content (AvgIpc) is 2.78. The van der Waals surface area contributed by atoms with Crippen molar-refractivity contribution in [3.05, 3.63) is 30.3 Å². The van der Waals surface area contributed by atoms with Crippen LogP contribution in [0.2, 0.25) is 0 Å². The van der Waals surface area contributed by atoms with Crippen LogP contribution in [0.15, 0.2) is 30.3 Å². The smallest absolute Gasteiger partial charge is 0.308 e. The number of carbonyl (C=O) groups excluding carboxylic acids is 3. The van der Waals surface area contributed by atoms with Gasteiger partial charge >= 0.3 is 5.97 Å². The molecule has 1 atom stereocenters. The van der Waals surface area contributed by atoms with Gasteiger partial charge in [-0.2, -0.15) is 0 Å². The summed E-state index contributed by atoms with van der Waals surface area (Å²) < 4.78 is 10.8. The highest BCUT2D eigenvalue weighted by molar-refractivity contribution is 5.92. The molecule has 0 bridgehead atoms. The van der Waals surface area contributed by atoms with Gasteiger partial charge in [-0.05, 0) is 18.6 Å². The number of rotatable bonds is 14. The molecule has 1 heterocycles. The van der Waals surface area contributed by atoms with Crippen molar-refractivity contribution in [2.75, 3.05) is 26.3 Å². The molecule has 1 aromatic carbocycles. The molecule has 0 radical (unpaired) electrons. The van der Waals surface area contributed by atoms with Crippen LogP contribution < -0.4 is 10.1 Å². The number of nitrogens with one attached hydrogen (secondary N) is 1. The summed E-state index contributed by atoms with van der Waals surface area (Å²) in [5, 5.41) is 2.72. The Morgan fingerprint density at radius 1 is 1.03 bits per heavy atom. The van der Waals surface area contributed by atoms with E-state index in [0.717, 1.165) is 19.3 Å². The zero-order valence-corrected chi connectivity index (χ0v) is 18.6. The predicted molar refractivity (Wildman–Crippen MR) is 119 cm³/mol. The third-order valence-electron chi connectivity index (χ3n) is 5.38. The van der Waals surface area contributed by atoms with Gasteiger partial charge in [-0.25, -0.2) is 0 Å². The Bertz CT molecular complexity index is 680. The fourth-order valence-corrected chi connectivity index (χ4v) is 3.60. The SMILES string of the molecule is CCCCCCCCCCOC(=O)CC1C(=O)NCCN1C(=O)COc1ccccc1. The van der Waals surface area contributed by atoms with Crippen LogP contribution in [0.3, 0.4) is 0 Å². The van der Waals surface area contributed by atoms with Crippen LogP contribution in [0, 0.1) is 0 Å². The molecule has 1 saturated heterocycles. The molecule has 2 rings (SSSR count). The highest BCUT2D eigenvalue weighted by Crippen LogP contribution is 2.14. The second-order valence-corrected chi connectivity index (χ2v) is 7.90. The maximum absolute atomic E-state index is 12.6. The summed E-state index contributed by atoms with van der Waals surface area (Å²) in [4.78, 5) is 38.5. The van der Waals surface area contributed by atoms with Crippen molar-refractivity contribution >= 4 is 17.8 Å². The van der Waals surface area contributed by atoms with Crippen molar-refractivity contribution in [2.45, 2.75) is 70.8 Å². The molecule has 1 aliphatic rings. The van der Waals surface area contributed by atoms with Crippen LogP contribution in [0.5, 0.6) is 5.75 Å². The highest BCUT2D eigenvalue weighted by Gasteiger charge is 2.35. The third kappa shape index (κ3) is 9.40. The number of esters is 1. The molecule has 0 aromatic heterocycles. The zero-order chi connectivity index (χ0) is 22.3. The van der Waals surface area contributed by atoms with Crippen molar-refractivity contribution in [1.82, 2.24) is 10.2 Å². The number of piperazine rings is 1. The first kappa shape index (κ1) is 24.7. The number of carbonyl (C=O) groups is 3. The van der Waals surface area contributed by atoms with E-state index in [0.29, 0.717) is 25.4 Å². The summed E-state index contributed by atoms with van der Waals surface area (Å²) >= 11 is 0. The molecule has 172 valence electrons. The van der Waals surface area contributed by atoms with E-state index in [1.165, 1.54) is 37.0 Å². The summed E-state index contributed by atoms with van der Waals surface area (Å²) in [6.45, 7) is 3.09. The Morgan fingerprint density at radius 2 is 1.71 bits per heavy atom. The second kappa shape index (κ2) is 14.4. The van der Waals surface area contributed by atoms with Gasteiger partial charge in [0.15, 0.2) is 6.61 Å². The van der Waals surface area contributed by atoms with Crippen LogP contribution >= 0.6 is 0 Å². The first-order valence-electron chi connectivity index (χ1n) is 11.5. The molecule has 7 nitrogen and oxygen atoms in total. The number of amides is 2. The minimum Gasteiger partial charge on any atom is -0.484 e. The number of para-hydroxylation sites is 1. The van der Waals surface area contributed by atoms with E-state index < -0.39 is 12.0 Å². The van der Waals surface area contributed by atoms with E-state index in [9.17, 15) is 14.4 Å². The monoisotopic (exact) mass is 432 g/mol. The number of benzene rings is 1. The molecule has 0 saturated carbocycles. The lowest BCUT2D eigenvalue weighted by atomic mass is 10.1. The quantitative estimate of drug-likeness (QED) is 0.359. The number of unbranched alkanes of at least 4 members (excludes halogenated alkanes) is 7. The first-order chi connectivity index (χ1) is 15.1. The average molecular weight is 433 g/mol. The Labute approximate surface area is 185 Å². The van der Waals surface area contributed by atoms with E-state index in [2.05, 4.69) is 12.2 Å². The maximum Gasteiger partial charge on any atom is 0.308 e. The van der Waals surface area contributed by atoms with Gasteiger partial charge < -0.3 is 19.7 Å². The molecule has 1 fully saturated rings. The van der Waals surface area contributed by atoms with Crippen LogP contribution in [0.25, 0.3) is 0 Å². The van der Waals surface area contributed by atoms with Gasteiger partial charge in [0, 0.05) is 13.1 Å². The van der Waals surface area contributed by atoms with Crippen molar-refractivity contribution < 1.29 is 23.9 Å². The van der Waals surface area contributed by atoms with Gasteiger partial charge in [0.1, 0.15) is 11.8 Å². The minimum atomic E-state index is -0.855. The Hall–Kier alpha value is -2.57. The van der Waals surface area contributed by atoms with Crippen molar-refractivity contribution in [2.24, 2.45) is 0 Å². The summed E-state index contributed by atoms with van der Waals surface area (Å²) in [5.74, 6) is -0.520. The van der Waals surface area contributed by atoms with Gasteiger partial charge in [0.2, 0.25) is 5.91 Å². The van der Waals surface area contributed by atoms with Gasteiger partial charge in [-0.1, -0.05) is 70.1 Å². The normalized spacial score (nSPS) is 16.0. The first-order valence-corrected chi connectivity index (χ1v) is 11.5. The van der Waals surface area contributed by atoms with Crippen LogP contribution in [-0.2, 0) is 19.1 Å². The minimum absolute atomic E-state index is 0.139. The number of hydrogen-bond donors (Lipinski definition) is 1. The molecule has 7 heteroatoms. The summed E-state index contributed by atoms with van der Waals surface area (Å²) in [7, 11) is 0. The maximum atomic E-state index is 12.6. The molecule has 1 unspecified atom stereocenters. The van der Waals surface area contributed by atoms with Gasteiger partial charge in [0.25, 0.3) is 5.91 Å². The van der Waals surface area contributed by atoms with Crippen LogP contribution in [0.1, 0.15) is 64.7 Å². The molecule has 1 N–H and O–H groups in total. The summed E-state index contributed by atoms with van der Waals surface area (Å²) in [5.41, 5.74) is 0. The standard InChI is InChI=1S/C24H36N2O5/c1-2-3-4-5-6-7-8-12-17-30-23(28)18-21-24(29)25-15-16-26(21)22(27)19-31-20-13-10-9-11-14-20/h9-11,13-14,21H,2-8,12,15-19H2,1H3,(H,25,29).